The van der Waals surface area contributed by atoms with Crippen LogP contribution in [0, 0.1) is 5.92 Å². The number of rotatable bonds is 4. The first kappa shape index (κ1) is 15.2. The number of hydrogen-bond acceptors (Lipinski definition) is 4. The molecule has 1 atom stereocenters. The fourth-order valence-electron chi connectivity index (χ4n) is 3.64. The summed E-state index contributed by atoms with van der Waals surface area (Å²) in [6, 6.07) is 4.90. The van der Waals surface area contributed by atoms with Crippen LogP contribution < -0.4 is 10.2 Å². The fraction of sp³-hybridized carbons (Fsp3) is 0.444. The van der Waals surface area contributed by atoms with Crippen LogP contribution in [0.15, 0.2) is 36.9 Å². The monoisotopic (exact) mass is 324 g/mol. The number of imidazole rings is 1. The first-order valence-corrected chi connectivity index (χ1v) is 8.66. The molecule has 0 aromatic carbocycles. The summed E-state index contributed by atoms with van der Waals surface area (Å²) in [5.74, 6) is 0.706. The number of piperazine rings is 1. The third kappa shape index (κ3) is 2.78. The number of nitrogens with one attached hydrogen (secondary N) is 2. The molecule has 6 heteroatoms. The normalized spacial score (nSPS) is 18.6. The van der Waals surface area contributed by atoms with Crippen molar-refractivity contribution in [1.82, 2.24) is 24.9 Å². The van der Waals surface area contributed by atoms with Crippen molar-refractivity contribution in [1.29, 1.82) is 0 Å². The molecule has 0 bridgehead atoms. The van der Waals surface area contributed by atoms with E-state index in [9.17, 15) is 0 Å². The van der Waals surface area contributed by atoms with Gasteiger partial charge in [0.2, 0.25) is 0 Å². The van der Waals surface area contributed by atoms with Gasteiger partial charge >= 0.3 is 0 Å². The van der Waals surface area contributed by atoms with E-state index in [1.165, 1.54) is 12.1 Å². The maximum Gasteiger partial charge on any atom is 0.160 e. The summed E-state index contributed by atoms with van der Waals surface area (Å²) in [6.45, 7) is 7.64. The molecular weight excluding hydrogens is 300 g/mol. The standard InChI is InChI=1S/C18H24N6/c1-13(2)9-15-12-23(7-5-19-15)17-4-3-16(14-10-21-22-11-14)24-8-6-20-18(17)24/h3-4,6,8,10-11,13,15,19H,5,7,9,12H2,1-2H3,(H,21,22). The number of nitrogens with zero attached hydrogens (tertiary/aromatic N) is 4. The quantitative estimate of drug-likeness (QED) is 0.774. The number of aromatic amines is 1. The lowest BCUT2D eigenvalue weighted by molar-refractivity contribution is 0.388. The van der Waals surface area contributed by atoms with E-state index >= 15 is 0 Å². The first-order chi connectivity index (χ1) is 11.7. The molecule has 6 nitrogen and oxygen atoms in total. The highest BCUT2D eigenvalue weighted by molar-refractivity contribution is 5.75. The molecule has 4 heterocycles. The molecule has 0 radical (unpaired) electrons. The summed E-state index contributed by atoms with van der Waals surface area (Å²) in [4.78, 5) is 7.08. The maximum absolute atomic E-state index is 4.62. The zero-order valence-electron chi connectivity index (χ0n) is 14.2. The van der Waals surface area contributed by atoms with Gasteiger partial charge in [-0.15, -0.1) is 0 Å². The molecular formula is C18H24N6. The van der Waals surface area contributed by atoms with E-state index in [1.807, 2.05) is 24.8 Å². The van der Waals surface area contributed by atoms with Gasteiger partial charge in [0.25, 0.3) is 0 Å². The van der Waals surface area contributed by atoms with Gasteiger partial charge in [-0.05, 0) is 24.5 Å². The van der Waals surface area contributed by atoms with Gasteiger partial charge in [0, 0.05) is 49.8 Å². The topological polar surface area (TPSA) is 61.2 Å². The van der Waals surface area contributed by atoms with Crippen LogP contribution in [0.5, 0.6) is 0 Å². The van der Waals surface area contributed by atoms with Crippen molar-refractivity contribution in [2.24, 2.45) is 5.92 Å². The zero-order chi connectivity index (χ0) is 16.5. The molecule has 1 saturated heterocycles. The average Bonchev–Trinajstić information content (AvgIpc) is 3.25. The molecule has 1 unspecified atom stereocenters. The molecule has 0 amide bonds. The first-order valence-electron chi connectivity index (χ1n) is 8.66. The lowest BCUT2D eigenvalue weighted by atomic mass is 10.0. The Bertz CT molecular complexity index is 804. The summed E-state index contributed by atoms with van der Waals surface area (Å²) in [7, 11) is 0. The van der Waals surface area contributed by atoms with Gasteiger partial charge < -0.3 is 10.2 Å². The highest BCUT2D eigenvalue weighted by atomic mass is 15.2. The van der Waals surface area contributed by atoms with Crippen LogP contribution in [0.2, 0.25) is 0 Å². The minimum Gasteiger partial charge on any atom is -0.366 e. The van der Waals surface area contributed by atoms with Gasteiger partial charge in [-0.1, -0.05) is 13.8 Å². The Morgan fingerprint density at radius 3 is 3.04 bits per heavy atom. The van der Waals surface area contributed by atoms with Crippen molar-refractivity contribution >= 4 is 11.3 Å². The summed E-state index contributed by atoms with van der Waals surface area (Å²) < 4.78 is 2.15. The zero-order valence-corrected chi connectivity index (χ0v) is 14.2. The van der Waals surface area contributed by atoms with Crippen LogP contribution in [0.3, 0.4) is 0 Å². The van der Waals surface area contributed by atoms with E-state index in [0.29, 0.717) is 12.0 Å². The second-order valence-electron chi connectivity index (χ2n) is 6.94. The van der Waals surface area contributed by atoms with Gasteiger partial charge in [-0.2, -0.15) is 5.10 Å². The predicted molar refractivity (Wildman–Crippen MR) is 96.2 cm³/mol. The molecule has 2 N–H and O–H groups in total. The van der Waals surface area contributed by atoms with E-state index in [-0.39, 0.29) is 0 Å². The van der Waals surface area contributed by atoms with Crippen LogP contribution in [-0.2, 0) is 0 Å². The average molecular weight is 324 g/mol. The maximum atomic E-state index is 4.62. The molecule has 0 aliphatic carbocycles. The Labute approximate surface area is 141 Å². The van der Waals surface area contributed by atoms with Gasteiger partial charge in [0.1, 0.15) is 0 Å². The number of H-pyrrole nitrogens is 1. The SMILES string of the molecule is CC(C)CC1CN(c2ccc(-c3cn[nH]c3)n3ccnc23)CCN1. The predicted octanol–water partition coefficient (Wildman–Crippen LogP) is 2.55. The summed E-state index contributed by atoms with van der Waals surface area (Å²) in [5.41, 5.74) is 4.40. The Kier molecular flexibility index (Phi) is 3.98. The van der Waals surface area contributed by atoms with E-state index in [4.69, 9.17) is 0 Å². The van der Waals surface area contributed by atoms with Crippen molar-refractivity contribution in [3.05, 3.63) is 36.9 Å². The number of anilines is 1. The van der Waals surface area contributed by atoms with Gasteiger partial charge in [0.15, 0.2) is 5.65 Å². The molecule has 1 aliphatic heterocycles. The molecule has 24 heavy (non-hydrogen) atoms. The lowest BCUT2D eigenvalue weighted by Crippen LogP contribution is -2.51. The minimum atomic E-state index is 0.544. The number of hydrogen-bond donors (Lipinski definition) is 2. The van der Waals surface area contributed by atoms with E-state index < -0.39 is 0 Å². The Morgan fingerprint density at radius 1 is 1.33 bits per heavy atom. The second-order valence-corrected chi connectivity index (χ2v) is 6.94. The van der Waals surface area contributed by atoms with Gasteiger partial charge in [0.05, 0.1) is 17.6 Å². The second kappa shape index (κ2) is 6.28. The smallest absolute Gasteiger partial charge is 0.160 e. The van der Waals surface area contributed by atoms with E-state index in [2.05, 4.69) is 55.8 Å². The number of fused-ring (bicyclic) bond motifs is 1. The number of aromatic nitrogens is 4. The summed E-state index contributed by atoms with van der Waals surface area (Å²) in [6.07, 6.45) is 8.86. The van der Waals surface area contributed by atoms with Crippen molar-refractivity contribution in [2.75, 3.05) is 24.5 Å². The van der Waals surface area contributed by atoms with Crippen LogP contribution >= 0.6 is 0 Å². The summed E-state index contributed by atoms with van der Waals surface area (Å²) in [5, 5.41) is 10.6. The third-order valence-corrected chi connectivity index (χ3v) is 4.67. The van der Waals surface area contributed by atoms with Crippen LogP contribution in [0.1, 0.15) is 20.3 Å². The number of pyridine rings is 1. The third-order valence-electron chi connectivity index (χ3n) is 4.67. The molecule has 3 aromatic heterocycles. The Morgan fingerprint density at radius 2 is 2.25 bits per heavy atom. The minimum absolute atomic E-state index is 0.544. The molecule has 1 aliphatic rings. The van der Waals surface area contributed by atoms with Gasteiger partial charge in [-0.3, -0.25) is 9.50 Å². The van der Waals surface area contributed by atoms with Crippen molar-refractivity contribution in [3.63, 3.8) is 0 Å². The Hall–Kier alpha value is -2.34. The van der Waals surface area contributed by atoms with Crippen LogP contribution in [0.4, 0.5) is 5.69 Å². The largest absolute Gasteiger partial charge is 0.366 e. The summed E-state index contributed by atoms with van der Waals surface area (Å²) >= 11 is 0. The fourth-order valence-corrected chi connectivity index (χ4v) is 3.64. The van der Waals surface area contributed by atoms with E-state index in [1.54, 1.807) is 0 Å². The lowest BCUT2D eigenvalue weighted by Gasteiger charge is -2.36. The van der Waals surface area contributed by atoms with Crippen molar-refractivity contribution < 1.29 is 0 Å². The van der Waals surface area contributed by atoms with Crippen LogP contribution in [0.25, 0.3) is 16.9 Å². The molecule has 0 spiro atoms. The molecule has 3 aromatic rings. The van der Waals surface area contributed by atoms with Crippen molar-refractivity contribution in [2.45, 2.75) is 26.3 Å². The van der Waals surface area contributed by atoms with Crippen molar-refractivity contribution in [3.8, 4) is 11.3 Å². The van der Waals surface area contributed by atoms with E-state index in [0.717, 1.165) is 36.5 Å². The molecule has 1 fully saturated rings. The molecule has 4 rings (SSSR count). The van der Waals surface area contributed by atoms with Gasteiger partial charge in [-0.25, -0.2) is 4.98 Å². The highest BCUT2D eigenvalue weighted by Crippen LogP contribution is 2.28. The molecule has 0 saturated carbocycles. The van der Waals surface area contributed by atoms with Crippen LogP contribution in [-0.4, -0.2) is 45.3 Å². The Balaban J connectivity index is 1.68. The highest BCUT2D eigenvalue weighted by Gasteiger charge is 2.22. The molecule has 126 valence electrons.